The van der Waals surface area contributed by atoms with Gasteiger partial charge in [0.05, 0.1) is 6.20 Å². The molecule has 1 aliphatic heterocycles. The predicted octanol–water partition coefficient (Wildman–Crippen LogP) is 0.840. The number of aromatic nitrogens is 1. The number of hydrogen-bond acceptors (Lipinski definition) is 4. The second kappa shape index (κ2) is 3.79. The summed E-state index contributed by atoms with van der Waals surface area (Å²) in [5.74, 6) is -0.831. The van der Waals surface area contributed by atoms with Crippen molar-refractivity contribution in [2.24, 2.45) is 0 Å². The zero-order chi connectivity index (χ0) is 9.97. The number of nitrogens with zero attached hydrogens (tertiary/aromatic N) is 1. The van der Waals surface area contributed by atoms with Gasteiger partial charge in [-0.05, 0) is 19.4 Å². The number of carbonyl (C=O) groups is 1. The highest BCUT2D eigenvalue weighted by Crippen LogP contribution is 2.25. The van der Waals surface area contributed by atoms with Crippen LogP contribution >= 0.6 is 0 Å². The first-order chi connectivity index (χ1) is 6.79. The fourth-order valence-corrected chi connectivity index (χ4v) is 1.82. The molecule has 0 radical (unpaired) electrons. The minimum Gasteiger partial charge on any atom is -0.475 e. The zero-order valence-electron chi connectivity index (χ0n) is 7.69. The molecule has 2 N–H and O–H groups in total. The van der Waals surface area contributed by atoms with Gasteiger partial charge in [0, 0.05) is 18.0 Å². The Labute approximate surface area is 81.1 Å². The molecule has 1 unspecified atom stereocenters. The maximum atomic E-state index is 10.8. The molecule has 2 heterocycles. The number of carboxylic acid groups (broad SMARTS) is 1. The van der Waals surface area contributed by atoms with Gasteiger partial charge in [0.1, 0.15) is 0 Å². The number of piperidine rings is 1. The molecular weight excluding hydrogens is 184 g/mol. The molecule has 0 aromatic carbocycles. The normalized spacial score (nSPS) is 22.1. The van der Waals surface area contributed by atoms with Crippen LogP contribution in [0.1, 0.15) is 34.9 Å². The minimum absolute atomic E-state index is 0.0151. The molecule has 1 fully saturated rings. The SMILES string of the molecule is O=C(O)c1oncc1C1CCCNC1. The molecule has 1 atom stereocenters. The van der Waals surface area contributed by atoms with E-state index in [9.17, 15) is 4.79 Å². The Balaban J connectivity index is 2.21. The first kappa shape index (κ1) is 9.21. The summed E-state index contributed by atoms with van der Waals surface area (Å²) in [6.45, 7) is 1.81. The predicted molar refractivity (Wildman–Crippen MR) is 48.3 cm³/mol. The standard InChI is InChI=1S/C9H12N2O3/c12-9(13)8-7(5-11-14-8)6-2-1-3-10-4-6/h5-6,10H,1-4H2,(H,12,13). The van der Waals surface area contributed by atoms with Crippen molar-refractivity contribution in [3.8, 4) is 0 Å². The lowest BCUT2D eigenvalue weighted by Gasteiger charge is -2.21. The summed E-state index contributed by atoms with van der Waals surface area (Å²) in [7, 11) is 0. The van der Waals surface area contributed by atoms with Crippen LogP contribution in [-0.4, -0.2) is 29.3 Å². The largest absolute Gasteiger partial charge is 0.475 e. The second-order valence-corrected chi connectivity index (χ2v) is 3.46. The van der Waals surface area contributed by atoms with Gasteiger partial charge in [-0.1, -0.05) is 5.16 Å². The van der Waals surface area contributed by atoms with E-state index in [1.807, 2.05) is 0 Å². The van der Waals surface area contributed by atoms with E-state index >= 15 is 0 Å². The molecule has 5 heteroatoms. The van der Waals surface area contributed by atoms with Crippen LogP contribution in [0.25, 0.3) is 0 Å². The smallest absolute Gasteiger partial charge is 0.375 e. The van der Waals surface area contributed by atoms with E-state index in [0.29, 0.717) is 5.56 Å². The van der Waals surface area contributed by atoms with Gasteiger partial charge in [-0.25, -0.2) is 4.79 Å². The molecule has 5 nitrogen and oxygen atoms in total. The van der Waals surface area contributed by atoms with Crippen molar-refractivity contribution in [2.45, 2.75) is 18.8 Å². The fraction of sp³-hybridized carbons (Fsp3) is 0.556. The quantitative estimate of drug-likeness (QED) is 0.733. The molecule has 0 spiro atoms. The lowest BCUT2D eigenvalue weighted by Crippen LogP contribution is -2.28. The molecule has 2 rings (SSSR count). The molecule has 1 saturated heterocycles. The van der Waals surface area contributed by atoms with Crippen LogP contribution in [0.3, 0.4) is 0 Å². The van der Waals surface area contributed by atoms with Crippen LogP contribution < -0.4 is 5.32 Å². The van der Waals surface area contributed by atoms with Crippen molar-refractivity contribution < 1.29 is 14.4 Å². The van der Waals surface area contributed by atoms with E-state index in [4.69, 9.17) is 9.63 Å². The summed E-state index contributed by atoms with van der Waals surface area (Å²) < 4.78 is 4.70. The van der Waals surface area contributed by atoms with E-state index in [-0.39, 0.29) is 11.7 Å². The van der Waals surface area contributed by atoms with Crippen molar-refractivity contribution in [3.63, 3.8) is 0 Å². The lowest BCUT2D eigenvalue weighted by molar-refractivity contribution is 0.0649. The summed E-state index contributed by atoms with van der Waals surface area (Å²) in [5.41, 5.74) is 0.713. The molecule has 1 aromatic rings. The molecule has 1 aliphatic rings. The van der Waals surface area contributed by atoms with E-state index in [0.717, 1.165) is 25.9 Å². The average molecular weight is 196 g/mol. The number of rotatable bonds is 2. The fourth-order valence-electron chi connectivity index (χ4n) is 1.82. The average Bonchev–Trinajstić information content (AvgIpc) is 2.67. The Morgan fingerprint density at radius 2 is 2.57 bits per heavy atom. The highest BCUT2D eigenvalue weighted by atomic mass is 16.5. The summed E-state index contributed by atoms with van der Waals surface area (Å²) in [6, 6.07) is 0. The first-order valence-electron chi connectivity index (χ1n) is 4.67. The second-order valence-electron chi connectivity index (χ2n) is 3.46. The third kappa shape index (κ3) is 1.63. The molecule has 0 amide bonds. The highest BCUT2D eigenvalue weighted by Gasteiger charge is 2.24. The van der Waals surface area contributed by atoms with Gasteiger partial charge in [0.15, 0.2) is 0 Å². The van der Waals surface area contributed by atoms with E-state index in [1.165, 1.54) is 6.20 Å². The maximum Gasteiger partial charge on any atom is 0.375 e. The Kier molecular flexibility index (Phi) is 2.49. The van der Waals surface area contributed by atoms with Gasteiger partial charge >= 0.3 is 5.97 Å². The van der Waals surface area contributed by atoms with Gasteiger partial charge in [0.25, 0.3) is 0 Å². The molecule has 0 bridgehead atoms. The Morgan fingerprint density at radius 1 is 1.71 bits per heavy atom. The molecule has 76 valence electrons. The summed E-state index contributed by atoms with van der Waals surface area (Å²) >= 11 is 0. The molecule has 14 heavy (non-hydrogen) atoms. The van der Waals surface area contributed by atoms with Gasteiger partial charge in [-0.2, -0.15) is 0 Å². The molecule has 1 aromatic heterocycles. The zero-order valence-corrected chi connectivity index (χ0v) is 7.69. The number of aromatic carboxylic acids is 1. The van der Waals surface area contributed by atoms with Gasteiger partial charge < -0.3 is 14.9 Å². The van der Waals surface area contributed by atoms with E-state index in [2.05, 4.69) is 10.5 Å². The van der Waals surface area contributed by atoms with Crippen LogP contribution in [0, 0.1) is 0 Å². The van der Waals surface area contributed by atoms with Crippen molar-refractivity contribution in [3.05, 3.63) is 17.5 Å². The Hall–Kier alpha value is -1.36. The number of hydrogen-bond donors (Lipinski definition) is 2. The van der Waals surface area contributed by atoms with Crippen LogP contribution in [0.15, 0.2) is 10.7 Å². The van der Waals surface area contributed by atoms with Crippen molar-refractivity contribution >= 4 is 5.97 Å². The summed E-state index contributed by atoms with van der Waals surface area (Å²) in [5, 5.41) is 15.6. The lowest BCUT2D eigenvalue weighted by atomic mass is 9.92. The third-order valence-corrected chi connectivity index (χ3v) is 2.53. The number of carboxylic acids is 1. The highest BCUT2D eigenvalue weighted by molar-refractivity contribution is 5.86. The molecular formula is C9H12N2O3. The third-order valence-electron chi connectivity index (χ3n) is 2.53. The van der Waals surface area contributed by atoms with Crippen LogP contribution in [0.5, 0.6) is 0 Å². The van der Waals surface area contributed by atoms with E-state index in [1.54, 1.807) is 0 Å². The van der Waals surface area contributed by atoms with Crippen molar-refractivity contribution in [2.75, 3.05) is 13.1 Å². The Morgan fingerprint density at radius 3 is 3.21 bits per heavy atom. The van der Waals surface area contributed by atoms with Crippen LogP contribution in [0.2, 0.25) is 0 Å². The maximum absolute atomic E-state index is 10.8. The number of nitrogens with one attached hydrogen (secondary N) is 1. The Bertz CT molecular complexity index is 329. The summed E-state index contributed by atoms with van der Waals surface area (Å²) in [6.07, 6.45) is 3.57. The van der Waals surface area contributed by atoms with E-state index < -0.39 is 5.97 Å². The van der Waals surface area contributed by atoms with Crippen molar-refractivity contribution in [1.29, 1.82) is 0 Å². The summed E-state index contributed by atoms with van der Waals surface area (Å²) in [4.78, 5) is 10.8. The molecule has 0 saturated carbocycles. The minimum atomic E-state index is -1.04. The monoisotopic (exact) mass is 196 g/mol. The topological polar surface area (TPSA) is 75.4 Å². The van der Waals surface area contributed by atoms with Gasteiger partial charge in [-0.15, -0.1) is 0 Å². The van der Waals surface area contributed by atoms with Crippen LogP contribution in [0.4, 0.5) is 0 Å². The molecule has 0 aliphatic carbocycles. The van der Waals surface area contributed by atoms with Crippen LogP contribution in [-0.2, 0) is 0 Å². The van der Waals surface area contributed by atoms with Gasteiger partial charge in [0.2, 0.25) is 5.76 Å². The van der Waals surface area contributed by atoms with Gasteiger partial charge in [-0.3, -0.25) is 0 Å². The van der Waals surface area contributed by atoms with Crippen molar-refractivity contribution in [1.82, 2.24) is 10.5 Å². The first-order valence-corrected chi connectivity index (χ1v) is 4.67.